The van der Waals surface area contributed by atoms with Crippen LogP contribution in [0.15, 0.2) is 0 Å². The van der Waals surface area contributed by atoms with Crippen LogP contribution >= 0.6 is 0 Å². The van der Waals surface area contributed by atoms with E-state index in [1.807, 2.05) is 14.0 Å². The summed E-state index contributed by atoms with van der Waals surface area (Å²) in [6.45, 7) is 2.85. The van der Waals surface area contributed by atoms with Crippen LogP contribution in [0.1, 0.15) is 6.92 Å². The Kier molecular flexibility index (Phi) is 6.00. The molecule has 0 N–H and O–H groups in total. The van der Waals surface area contributed by atoms with Crippen LogP contribution in [0.25, 0.3) is 0 Å². The Hall–Kier alpha value is -1.10. The van der Waals surface area contributed by atoms with E-state index >= 15 is 0 Å². The summed E-state index contributed by atoms with van der Waals surface area (Å²) >= 11 is 0. The monoisotopic (exact) mass is 175 g/mol. The van der Waals surface area contributed by atoms with Crippen LogP contribution in [-0.2, 0) is 19.1 Å². The molecule has 5 heteroatoms. The Morgan fingerprint density at radius 3 is 2.75 bits per heavy atom. The molecule has 0 aliphatic carbocycles. The van der Waals surface area contributed by atoms with Crippen LogP contribution in [0.4, 0.5) is 0 Å². The highest BCUT2D eigenvalue weighted by Gasteiger charge is 2.03. The molecule has 0 aliphatic heterocycles. The fourth-order valence-electron chi connectivity index (χ4n) is 0.417. The predicted octanol–water partition coefficient (Wildman–Crippen LogP) is -0.388. The lowest BCUT2D eigenvalue weighted by Gasteiger charge is -2.13. The number of rotatable bonds is 6. The average molecular weight is 175 g/mol. The van der Waals surface area contributed by atoms with Crippen molar-refractivity contribution in [2.24, 2.45) is 0 Å². The quantitative estimate of drug-likeness (QED) is 0.312. The summed E-state index contributed by atoms with van der Waals surface area (Å²) in [4.78, 5) is 22.2. The second kappa shape index (κ2) is 6.60. The maximum atomic E-state index is 10.7. The molecule has 0 fully saturated rings. The van der Waals surface area contributed by atoms with Gasteiger partial charge in [-0.05, 0) is 13.6 Å². The molecular weight excluding hydrogens is 162 g/mol. The van der Waals surface area contributed by atoms with Gasteiger partial charge >= 0.3 is 5.97 Å². The van der Waals surface area contributed by atoms with E-state index in [2.05, 4.69) is 4.74 Å². The largest absolute Gasteiger partial charge is 0.456 e. The molecule has 0 radical (unpaired) electrons. The molecule has 0 saturated carbocycles. The van der Waals surface area contributed by atoms with E-state index < -0.39 is 5.97 Å². The van der Waals surface area contributed by atoms with Crippen molar-refractivity contribution in [1.29, 1.82) is 0 Å². The number of carbonyl (C=O) groups excluding carboxylic acids is 2. The zero-order valence-electron chi connectivity index (χ0n) is 7.28. The molecule has 0 spiro atoms. The van der Waals surface area contributed by atoms with Gasteiger partial charge < -0.3 is 9.47 Å². The van der Waals surface area contributed by atoms with Gasteiger partial charge in [0, 0.05) is 0 Å². The summed E-state index contributed by atoms with van der Waals surface area (Å²) in [7, 11) is 1.81. The molecule has 0 heterocycles. The Morgan fingerprint density at radius 2 is 2.25 bits per heavy atom. The van der Waals surface area contributed by atoms with E-state index in [0.717, 1.165) is 6.54 Å². The first-order chi connectivity index (χ1) is 5.70. The third-order valence-electron chi connectivity index (χ3n) is 1.25. The van der Waals surface area contributed by atoms with Crippen LogP contribution in [0, 0.1) is 0 Å². The maximum absolute atomic E-state index is 10.7. The highest BCUT2D eigenvalue weighted by Crippen LogP contribution is 1.84. The van der Waals surface area contributed by atoms with E-state index in [-0.39, 0.29) is 19.8 Å². The van der Waals surface area contributed by atoms with E-state index in [9.17, 15) is 9.59 Å². The van der Waals surface area contributed by atoms with Crippen molar-refractivity contribution in [3.8, 4) is 0 Å². The zero-order chi connectivity index (χ0) is 9.40. The summed E-state index contributed by atoms with van der Waals surface area (Å²) in [5, 5.41) is 0. The second-order valence-corrected chi connectivity index (χ2v) is 2.22. The lowest BCUT2D eigenvalue weighted by Crippen LogP contribution is -2.25. The Morgan fingerprint density at radius 1 is 1.58 bits per heavy atom. The first-order valence-corrected chi connectivity index (χ1v) is 3.60. The second-order valence-electron chi connectivity index (χ2n) is 2.22. The summed E-state index contributed by atoms with van der Waals surface area (Å²) < 4.78 is 8.89. The smallest absolute Gasteiger partial charge is 0.345 e. The fraction of sp³-hybridized carbons (Fsp3) is 0.714. The zero-order valence-corrected chi connectivity index (χ0v) is 7.28. The molecule has 5 nitrogen and oxygen atoms in total. The van der Waals surface area contributed by atoms with Crippen LogP contribution in [0.5, 0.6) is 0 Å². The first kappa shape index (κ1) is 10.9. The summed E-state index contributed by atoms with van der Waals surface area (Å²) in [5.74, 6) is -0.539. The molecule has 0 unspecified atom stereocenters. The van der Waals surface area contributed by atoms with Crippen molar-refractivity contribution in [3.63, 3.8) is 0 Å². The lowest BCUT2D eigenvalue weighted by molar-refractivity contribution is -0.156. The number of carbonyl (C=O) groups is 2. The summed E-state index contributed by atoms with van der Waals surface area (Å²) in [6.07, 6.45) is 0. The highest BCUT2D eigenvalue weighted by molar-refractivity contribution is 5.71. The van der Waals surface area contributed by atoms with Gasteiger partial charge in [-0.15, -0.1) is 0 Å². The van der Waals surface area contributed by atoms with Gasteiger partial charge in [0.1, 0.15) is 6.73 Å². The van der Waals surface area contributed by atoms with Gasteiger partial charge in [0.25, 0.3) is 6.47 Å². The fourth-order valence-corrected chi connectivity index (χ4v) is 0.417. The minimum Gasteiger partial charge on any atom is -0.456 e. The molecule has 0 aliphatic rings. The molecular formula is C7H13NO4. The lowest BCUT2D eigenvalue weighted by atomic mass is 10.7. The molecule has 0 amide bonds. The van der Waals surface area contributed by atoms with Crippen molar-refractivity contribution >= 4 is 12.4 Å². The average Bonchev–Trinajstić information content (AvgIpc) is 2.10. The summed E-state index contributed by atoms with van der Waals surface area (Å²) in [6, 6.07) is 0. The van der Waals surface area contributed by atoms with Gasteiger partial charge in [-0.3, -0.25) is 9.69 Å². The minimum atomic E-state index is -0.539. The predicted molar refractivity (Wildman–Crippen MR) is 41.3 cm³/mol. The van der Waals surface area contributed by atoms with Crippen molar-refractivity contribution in [1.82, 2.24) is 4.90 Å². The summed E-state index contributed by atoms with van der Waals surface area (Å²) in [5.41, 5.74) is 0. The molecule has 0 aromatic carbocycles. The molecule has 70 valence electrons. The first-order valence-electron chi connectivity index (χ1n) is 3.60. The molecule has 0 rings (SSSR count). The van der Waals surface area contributed by atoms with E-state index in [0.29, 0.717) is 0 Å². The number of ether oxygens (including phenoxy) is 2. The third-order valence-corrected chi connectivity index (χ3v) is 1.25. The number of hydrogen-bond donors (Lipinski definition) is 0. The van der Waals surface area contributed by atoms with Gasteiger partial charge in [-0.1, -0.05) is 6.92 Å². The van der Waals surface area contributed by atoms with Crippen LogP contribution in [-0.4, -0.2) is 44.3 Å². The standard InChI is InChI=1S/C7H13NO4/c1-3-8(2)5-12-7(10)4-11-6-9/h6H,3-5H2,1-2H3. The van der Waals surface area contributed by atoms with Crippen molar-refractivity contribution in [2.45, 2.75) is 6.92 Å². The van der Waals surface area contributed by atoms with Crippen molar-refractivity contribution < 1.29 is 19.1 Å². The van der Waals surface area contributed by atoms with Gasteiger partial charge in [-0.25, -0.2) is 4.79 Å². The van der Waals surface area contributed by atoms with Crippen molar-refractivity contribution in [2.75, 3.05) is 26.9 Å². The number of nitrogens with zero attached hydrogens (tertiary/aromatic N) is 1. The molecule has 0 saturated heterocycles. The minimum absolute atomic E-state index is 0.213. The maximum Gasteiger partial charge on any atom is 0.345 e. The van der Waals surface area contributed by atoms with Gasteiger partial charge in [-0.2, -0.15) is 0 Å². The highest BCUT2D eigenvalue weighted by atomic mass is 16.6. The Bertz CT molecular complexity index is 148. The third kappa shape index (κ3) is 5.67. The SMILES string of the molecule is CCN(C)COC(=O)COC=O. The topological polar surface area (TPSA) is 55.8 Å². The van der Waals surface area contributed by atoms with Gasteiger partial charge in [0.2, 0.25) is 0 Å². The van der Waals surface area contributed by atoms with Crippen LogP contribution in [0.2, 0.25) is 0 Å². The molecule has 0 bridgehead atoms. The molecule has 0 atom stereocenters. The van der Waals surface area contributed by atoms with Gasteiger partial charge in [0.15, 0.2) is 6.61 Å². The normalized spacial score (nSPS) is 9.58. The number of hydrogen-bond acceptors (Lipinski definition) is 5. The molecule has 0 aromatic rings. The Labute approximate surface area is 71.2 Å². The molecule has 12 heavy (non-hydrogen) atoms. The Balaban J connectivity index is 3.36. The van der Waals surface area contributed by atoms with E-state index in [1.165, 1.54) is 0 Å². The van der Waals surface area contributed by atoms with Gasteiger partial charge in [0.05, 0.1) is 0 Å². The van der Waals surface area contributed by atoms with Crippen molar-refractivity contribution in [3.05, 3.63) is 0 Å². The van der Waals surface area contributed by atoms with E-state index in [1.54, 1.807) is 4.90 Å². The van der Waals surface area contributed by atoms with Crippen LogP contribution < -0.4 is 0 Å². The molecule has 0 aromatic heterocycles. The van der Waals surface area contributed by atoms with E-state index in [4.69, 9.17) is 4.74 Å². The van der Waals surface area contributed by atoms with Crippen LogP contribution in [0.3, 0.4) is 0 Å². The number of esters is 1.